The molecule has 1 saturated carbocycles. The molecule has 1 fully saturated rings. The van der Waals surface area contributed by atoms with Crippen molar-refractivity contribution in [3.8, 4) is 11.3 Å². The lowest BCUT2D eigenvalue weighted by molar-refractivity contribution is 0.221. The van der Waals surface area contributed by atoms with E-state index >= 15 is 0 Å². The van der Waals surface area contributed by atoms with Crippen LogP contribution in [-0.4, -0.2) is 60.2 Å². The van der Waals surface area contributed by atoms with E-state index in [0.717, 1.165) is 53.1 Å². The van der Waals surface area contributed by atoms with E-state index in [1.165, 1.54) is 12.8 Å². The number of hydrogen-bond donors (Lipinski definition) is 1. The second kappa shape index (κ2) is 7.92. The fourth-order valence-electron chi connectivity index (χ4n) is 4.75. The zero-order chi connectivity index (χ0) is 21.5. The van der Waals surface area contributed by atoms with Gasteiger partial charge in [0.1, 0.15) is 11.3 Å². The molecule has 0 bridgehead atoms. The molecule has 31 heavy (non-hydrogen) atoms. The first kappa shape index (κ1) is 19.9. The molecule has 4 aromatic heterocycles. The van der Waals surface area contributed by atoms with Gasteiger partial charge in [-0.25, -0.2) is 19.5 Å². The first-order valence-corrected chi connectivity index (χ1v) is 11.1. The smallest absolute Gasteiger partial charge is 0.241 e. The Bertz CT molecular complexity index is 1210. The Morgan fingerprint density at radius 2 is 1.90 bits per heavy atom. The first-order chi connectivity index (χ1) is 15.0. The summed E-state index contributed by atoms with van der Waals surface area (Å²) in [6.07, 6.45) is 8.59. The summed E-state index contributed by atoms with van der Waals surface area (Å²) in [4.78, 5) is 16.5. The van der Waals surface area contributed by atoms with Crippen molar-refractivity contribution in [2.75, 3.05) is 19.4 Å². The van der Waals surface area contributed by atoms with Crippen molar-refractivity contribution < 1.29 is 0 Å². The van der Waals surface area contributed by atoms with E-state index in [2.05, 4.69) is 51.8 Å². The summed E-state index contributed by atoms with van der Waals surface area (Å²) < 4.78 is 4.03. The van der Waals surface area contributed by atoms with Gasteiger partial charge in [0.05, 0.1) is 17.4 Å². The average Bonchev–Trinajstić information content (AvgIpc) is 3.33. The Kier molecular flexibility index (Phi) is 5.09. The predicted molar refractivity (Wildman–Crippen MR) is 123 cm³/mol. The second-order valence-electron chi connectivity index (χ2n) is 8.70. The monoisotopic (exact) mass is 418 g/mol. The van der Waals surface area contributed by atoms with E-state index in [9.17, 15) is 0 Å². The van der Waals surface area contributed by atoms with E-state index in [1.807, 2.05) is 36.0 Å². The van der Waals surface area contributed by atoms with Gasteiger partial charge in [0, 0.05) is 30.4 Å². The number of nitrogens with one attached hydrogen (secondary N) is 1. The summed E-state index contributed by atoms with van der Waals surface area (Å²) in [5, 5.41) is 8.24. The third-order valence-electron chi connectivity index (χ3n) is 6.55. The number of aromatic nitrogens is 6. The Morgan fingerprint density at radius 3 is 2.65 bits per heavy atom. The SMILES string of the molecule is CCn1c(C)nc2ccc(-c3ccn4nc(N[C@H]5CC[C@@H](N(C)C)CC5)ncc34)nc21. The second-order valence-corrected chi connectivity index (χ2v) is 8.70. The lowest BCUT2D eigenvalue weighted by Gasteiger charge is -2.32. The highest BCUT2D eigenvalue weighted by molar-refractivity contribution is 5.82. The molecule has 1 aliphatic carbocycles. The number of fused-ring (bicyclic) bond motifs is 2. The molecule has 0 saturated heterocycles. The van der Waals surface area contributed by atoms with Crippen molar-refractivity contribution in [2.24, 2.45) is 0 Å². The number of pyridine rings is 1. The van der Waals surface area contributed by atoms with Gasteiger partial charge in [-0.05, 0) is 71.8 Å². The average molecular weight is 419 g/mol. The fourth-order valence-corrected chi connectivity index (χ4v) is 4.75. The van der Waals surface area contributed by atoms with Gasteiger partial charge in [-0.2, -0.15) is 0 Å². The summed E-state index contributed by atoms with van der Waals surface area (Å²) in [6.45, 7) is 4.99. The summed E-state index contributed by atoms with van der Waals surface area (Å²) in [5.74, 6) is 1.67. The van der Waals surface area contributed by atoms with E-state index < -0.39 is 0 Å². The van der Waals surface area contributed by atoms with Crippen molar-refractivity contribution >= 4 is 22.6 Å². The number of aryl methyl sites for hydroxylation is 2. The highest BCUT2D eigenvalue weighted by Crippen LogP contribution is 2.27. The quantitative estimate of drug-likeness (QED) is 0.532. The lowest BCUT2D eigenvalue weighted by Crippen LogP contribution is -2.36. The number of anilines is 1. The third-order valence-corrected chi connectivity index (χ3v) is 6.55. The van der Waals surface area contributed by atoms with E-state index in [-0.39, 0.29) is 0 Å². The summed E-state index contributed by atoms with van der Waals surface area (Å²) in [5.41, 5.74) is 4.74. The maximum Gasteiger partial charge on any atom is 0.241 e. The Labute approximate surface area is 182 Å². The maximum atomic E-state index is 4.91. The van der Waals surface area contributed by atoms with Crippen molar-refractivity contribution in [3.63, 3.8) is 0 Å². The topological polar surface area (TPSA) is 76.2 Å². The molecule has 8 nitrogen and oxygen atoms in total. The zero-order valence-electron chi connectivity index (χ0n) is 18.7. The normalized spacial score (nSPS) is 19.5. The van der Waals surface area contributed by atoms with Gasteiger partial charge in [0.2, 0.25) is 5.95 Å². The number of hydrogen-bond acceptors (Lipinski definition) is 6. The van der Waals surface area contributed by atoms with Crippen LogP contribution in [0.15, 0.2) is 30.6 Å². The summed E-state index contributed by atoms with van der Waals surface area (Å²) >= 11 is 0. The molecule has 1 aliphatic rings. The van der Waals surface area contributed by atoms with Gasteiger partial charge >= 0.3 is 0 Å². The minimum atomic E-state index is 0.435. The van der Waals surface area contributed by atoms with Gasteiger partial charge in [0.15, 0.2) is 5.65 Å². The van der Waals surface area contributed by atoms with Crippen LogP contribution in [0.2, 0.25) is 0 Å². The number of rotatable bonds is 5. The molecule has 1 N–H and O–H groups in total. The van der Waals surface area contributed by atoms with Gasteiger partial charge in [0.25, 0.3) is 0 Å². The van der Waals surface area contributed by atoms with Crippen LogP contribution >= 0.6 is 0 Å². The van der Waals surface area contributed by atoms with Crippen LogP contribution in [0.25, 0.3) is 27.9 Å². The lowest BCUT2D eigenvalue weighted by atomic mass is 9.91. The molecule has 4 heterocycles. The van der Waals surface area contributed by atoms with Crippen molar-refractivity contribution in [2.45, 2.75) is 58.2 Å². The molecular weight excluding hydrogens is 388 g/mol. The molecule has 162 valence electrons. The molecule has 0 atom stereocenters. The molecule has 0 unspecified atom stereocenters. The van der Waals surface area contributed by atoms with E-state index in [1.54, 1.807) is 0 Å². The van der Waals surface area contributed by atoms with E-state index in [0.29, 0.717) is 18.0 Å². The van der Waals surface area contributed by atoms with Gasteiger partial charge < -0.3 is 14.8 Å². The Hall–Kier alpha value is -3.00. The van der Waals surface area contributed by atoms with Gasteiger partial charge in [-0.1, -0.05) is 0 Å². The van der Waals surface area contributed by atoms with Crippen LogP contribution in [0.4, 0.5) is 5.95 Å². The molecule has 5 rings (SSSR count). The Balaban J connectivity index is 1.39. The predicted octanol–water partition coefficient (Wildman–Crippen LogP) is 3.75. The highest BCUT2D eigenvalue weighted by atomic mass is 15.3. The first-order valence-electron chi connectivity index (χ1n) is 11.1. The Morgan fingerprint density at radius 1 is 1.10 bits per heavy atom. The molecule has 0 radical (unpaired) electrons. The van der Waals surface area contributed by atoms with Crippen LogP contribution in [0.1, 0.15) is 38.4 Å². The maximum absolute atomic E-state index is 4.91. The number of imidazole rings is 1. The van der Waals surface area contributed by atoms with Crippen LogP contribution in [-0.2, 0) is 6.54 Å². The largest absolute Gasteiger partial charge is 0.350 e. The molecular formula is C23H30N8. The standard InChI is InChI=1S/C23H30N8/c1-5-30-15(2)25-20-11-10-19(27-22(20)30)18-12-13-31-21(18)14-24-23(28-31)26-16-6-8-17(9-7-16)29(3)4/h10-14,16-17H,5-9H2,1-4H3,(H,26,28)/t16-,17+. The molecule has 0 aromatic carbocycles. The highest BCUT2D eigenvalue weighted by Gasteiger charge is 2.23. The molecule has 8 heteroatoms. The minimum Gasteiger partial charge on any atom is -0.350 e. The zero-order valence-corrected chi connectivity index (χ0v) is 18.7. The van der Waals surface area contributed by atoms with Gasteiger partial charge in [-0.15, -0.1) is 5.10 Å². The minimum absolute atomic E-state index is 0.435. The molecule has 4 aromatic rings. The van der Waals surface area contributed by atoms with Crippen molar-refractivity contribution in [1.29, 1.82) is 0 Å². The van der Waals surface area contributed by atoms with Crippen molar-refractivity contribution in [3.05, 3.63) is 36.4 Å². The van der Waals surface area contributed by atoms with Crippen molar-refractivity contribution in [1.82, 2.24) is 34.0 Å². The summed E-state index contributed by atoms with van der Waals surface area (Å²) in [6, 6.07) is 7.25. The van der Waals surface area contributed by atoms with Crippen LogP contribution in [0.5, 0.6) is 0 Å². The molecule has 0 amide bonds. The van der Waals surface area contributed by atoms with E-state index in [4.69, 9.17) is 10.1 Å². The third kappa shape index (κ3) is 3.65. The van der Waals surface area contributed by atoms with Crippen LogP contribution in [0, 0.1) is 6.92 Å². The molecule has 0 aliphatic heterocycles. The summed E-state index contributed by atoms with van der Waals surface area (Å²) in [7, 11) is 4.34. The fraction of sp³-hybridized carbons (Fsp3) is 0.478. The van der Waals surface area contributed by atoms with Gasteiger partial charge in [-0.3, -0.25) is 0 Å². The van der Waals surface area contributed by atoms with Crippen LogP contribution in [0.3, 0.4) is 0 Å². The van der Waals surface area contributed by atoms with Crippen LogP contribution < -0.4 is 5.32 Å². The molecule has 0 spiro atoms. The number of nitrogens with zero attached hydrogens (tertiary/aromatic N) is 7.